The Morgan fingerprint density at radius 3 is 2.65 bits per heavy atom. The summed E-state index contributed by atoms with van der Waals surface area (Å²) in [5, 5.41) is 2.34. The lowest BCUT2D eigenvalue weighted by Crippen LogP contribution is -2.35. The molecule has 2 saturated heterocycles. The van der Waals surface area contributed by atoms with Gasteiger partial charge < -0.3 is 15.1 Å². The summed E-state index contributed by atoms with van der Waals surface area (Å²) in [7, 11) is -1.45. The summed E-state index contributed by atoms with van der Waals surface area (Å²) in [6.45, 7) is 2.26. The van der Waals surface area contributed by atoms with E-state index in [1.165, 1.54) is 6.07 Å². The van der Waals surface area contributed by atoms with Gasteiger partial charge in [-0.05, 0) is 44.1 Å². The first kappa shape index (κ1) is 18.8. The number of hydrogen-bond donors (Lipinski definition) is 1. The van der Waals surface area contributed by atoms with Crippen LogP contribution < -0.4 is 5.32 Å². The third kappa shape index (κ3) is 4.21. The zero-order valence-corrected chi connectivity index (χ0v) is 15.6. The highest BCUT2D eigenvalue weighted by atomic mass is 32.2. The Morgan fingerprint density at radius 1 is 1.27 bits per heavy atom. The maximum Gasteiger partial charge on any atom is 0.254 e. The van der Waals surface area contributed by atoms with Crippen molar-refractivity contribution in [3.8, 4) is 0 Å². The molecule has 142 valence electrons. The van der Waals surface area contributed by atoms with Gasteiger partial charge in [0, 0.05) is 36.6 Å². The normalized spacial score (nSPS) is 23.1. The van der Waals surface area contributed by atoms with Crippen molar-refractivity contribution in [2.45, 2.75) is 12.5 Å². The number of likely N-dealkylation sites (tertiary alicyclic amines) is 2. The van der Waals surface area contributed by atoms with Gasteiger partial charge in [-0.1, -0.05) is 0 Å². The SMILES string of the molecule is CN1CC[C@H]2CN(C(=O)c3cc(F)cc(NC(=O)CS(C)(=O)=O)c3)C[C@H]21. The van der Waals surface area contributed by atoms with Crippen molar-refractivity contribution in [2.24, 2.45) is 5.92 Å². The topological polar surface area (TPSA) is 86.8 Å². The highest BCUT2D eigenvalue weighted by molar-refractivity contribution is 7.91. The van der Waals surface area contributed by atoms with Gasteiger partial charge in [0.05, 0.1) is 0 Å². The summed E-state index contributed by atoms with van der Waals surface area (Å²) in [5.41, 5.74) is 0.209. The van der Waals surface area contributed by atoms with Crippen LogP contribution in [0.3, 0.4) is 0 Å². The maximum atomic E-state index is 13.9. The fourth-order valence-corrected chi connectivity index (χ4v) is 4.29. The van der Waals surface area contributed by atoms with Gasteiger partial charge in [-0.15, -0.1) is 0 Å². The van der Waals surface area contributed by atoms with Gasteiger partial charge in [-0.3, -0.25) is 9.59 Å². The maximum absolute atomic E-state index is 13.9. The lowest BCUT2D eigenvalue weighted by atomic mass is 10.1. The number of hydrogen-bond acceptors (Lipinski definition) is 5. The number of anilines is 1. The molecular weight excluding hydrogens is 361 g/mol. The van der Waals surface area contributed by atoms with E-state index >= 15 is 0 Å². The Balaban J connectivity index is 1.73. The number of nitrogens with one attached hydrogen (secondary N) is 1. The van der Waals surface area contributed by atoms with Crippen molar-refractivity contribution in [2.75, 3.05) is 44.0 Å². The fourth-order valence-electron chi connectivity index (χ4n) is 3.74. The molecule has 0 aromatic heterocycles. The minimum absolute atomic E-state index is 0.0681. The number of sulfone groups is 1. The molecule has 0 unspecified atom stereocenters. The van der Waals surface area contributed by atoms with Gasteiger partial charge in [-0.25, -0.2) is 12.8 Å². The van der Waals surface area contributed by atoms with E-state index in [-0.39, 0.29) is 17.2 Å². The van der Waals surface area contributed by atoms with E-state index < -0.39 is 27.3 Å². The summed E-state index contributed by atoms with van der Waals surface area (Å²) in [6, 6.07) is 3.90. The summed E-state index contributed by atoms with van der Waals surface area (Å²) >= 11 is 0. The van der Waals surface area contributed by atoms with Crippen LogP contribution in [-0.4, -0.2) is 74.8 Å². The minimum Gasteiger partial charge on any atom is -0.337 e. The minimum atomic E-state index is -3.49. The molecule has 9 heteroatoms. The fraction of sp³-hybridized carbons (Fsp3) is 0.529. The average Bonchev–Trinajstić information content (AvgIpc) is 3.06. The molecule has 0 bridgehead atoms. The first-order valence-electron chi connectivity index (χ1n) is 8.40. The Labute approximate surface area is 152 Å². The Bertz CT molecular complexity index is 842. The number of likely N-dealkylation sites (N-methyl/N-ethyl adjacent to an activating group) is 1. The predicted octanol–water partition coefficient (Wildman–Crippen LogP) is 0.585. The van der Waals surface area contributed by atoms with Crippen molar-refractivity contribution < 1.29 is 22.4 Å². The zero-order valence-electron chi connectivity index (χ0n) is 14.7. The third-order valence-corrected chi connectivity index (χ3v) is 5.72. The van der Waals surface area contributed by atoms with Crippen LogP contribution in [0.15, 0.2) is 18.2 Å². The molecule has 0 saturated carbocycles. The van der Waals surface area contributed by atoms with E-state index in [1.54, 1.807) is 4.90 Å². The number of nitrogens with zero attached hydrogens (tertiary/aromatic N) is 2. The van der Waals surface area contributed by atoms with Gasteiger partial charge in [-0.2, -0.15) is 0 Å². The lowest BCUT2D eigenvalue weighted by Gasteiger charge is -2.21. The zero-order chi connectivity index (χ0) is 19.1. The lowest BCUT2D eigenvalue weighted by molar-refractivity contribution is -0.113. The molecule has 2 atom stereocenters. The van der Waals surface area contributed by atoms with E-state index in [0.717, 1.165) is 31.4 Å². The van der Waals surface area contributed by atoms with Crippen LogP contribution in [0, 0.1) is 11.7 Å². The van der Waals surface area contributed by atoms with Gasteiger partial charge in [0.2, 0.25) is 5.91 Å². The van der Waals surface area contributed by atoms with E-state index in [4.69, 9.17) is 0 Å². The molecule has 3 rings (SSSR count). The molecule has 7 nitrogen and oxygen atoms in total. The molecule has 2 amide bonds. The molecule has 2 aliphatic heterocycles. The molecule has 2 aliphatic rings. The van der Waals surface area contributed by atoms with Crippen molar-refractivity contribution in [3.63, 3.8) is 0 Å². The smallest absolute Gasteiger partial charge is 0.254 e. The van der Waals surface area contributed by atoms with Crippen LogP contribution in [0.1, 0.15) is 16.8 Å². The van der Waals surface area contributed by atoms with Crippen molar-refractivity contribution in [1.82, 2.24) is 9.80 Å². The van der Waals surface area contributed by atoms with E-state index in [0.29, 0.717) is 25.0 Å². The van der Waals surface area contributed by atoms with Crippen molar-refractivity contribution in [1.29, 1.82) is 0 Å². The van der Waals surface area contributed by atoms with E-state index in [9.17, 15) is 22.4 Å². The standard InChI is InChI=1S/C17H22FN3O4S/c1-20-4-3-11-8-21(9-15(11)20)17(23)12-5-13(18)7-14(6-12)19-16(22)10-26(2,24)25/h5-7,11,15H,3-4,8-10H2,1-2H3,(H,19,22)/t11-,15+/m0/s1. The summed E-state index contributed by atoms with van der Waals surface area (Å²) in [4.78, 5) is 28.4. The molecule has 1 N–H and O–H groups in total. The second-order valence-electron chi connectivity index (χ2n) is 7.15. The van der Waals surface area contributed by atoms with Gasteiger partial charge in [0.1, 0.15) is 11.6 Å². The van der Waals surface area contributed by atoms with Crippen LogP contribution in [-0.2, 0) is 14.6 Å². The predicted molar refractivity (Wildman–Crippen MR) is 95.2 cm³/mol. The van der Waals surface area contributed by atoms with Crippen molar-refractivity contribution in [3.05, 3.63) is 29.6 Å². The molecule has 1 aromatic rings. The molecular formula is C17H22FN3O4S. The molecule has 26 heavy (non-hydrogen) atoms. The molecule has 0 aliphatic carbocycles. The molecule has 2 fully saturated rings. The number of benzene rings is 1. The second kappa shape index (κ2) is 6.96. The number of amides is 2. The molecule has 1 aromatic carbocycles. The molecule has 0 radical (unpaired) electrons. The monoisotopic (exact) mass is 383 g/mol. The van der Waals surface area contributed by atoms with Crippen LogP contribution >= 0.6 is 0 Å². The second-order valence-corrected chi connectivity index (χ2v) is 9.29. The number of carbonyl (C=O) groups excluding carboxylic acids is 2. The highest BCUT2D eigenvalue weighted by Crippen LogP contribution is 2.31. The highest BCUT2D eigenvalue weighted by Gasteiger charge is 2.41. The van der Waals surface area contributed by atoms with Crippen molar-refractivity contribution >= 4 is 27.3 Å². The third-order valence-electron chi connectivity index (χ3n) is 4.93. The number of halogens is 1. The van der Waals surface area contributed by atoms with Gasteiger partial charge >= 0.3 is 0 Å². The summed E-state index contributed by atoms with van der Waals surface area (Å²) < 4.78 is 36.2. The average molecular weight is 383 g/mol. The van der Waals surface area contributed by atoms with Crippen LogP contribution in [0.25, 0.3) is 0 Å². The van der Waals surface area contributed by atoms with Crippen LogP contribution in [0.2, 0.25) is 0 Å². The first-order valence-corrected chi connectivity index (χ1v) is 10.5. The van der Waals surface area contributed by atoms with Crippen LogP contribution in [0.4, 0.5) is 10.1 Å². The Morgan fingerprint density at radius 2 is 2.00 bits per heavy atom. The van der Waals surface area contributed by atoms with E-state index in [1.807, 2.05) is 7.05 Å². The number of fused-ring (bicyclic) bond motifs is 1. The molecule has 0 spiro atoms. The largest absolute Gasteiger partial charge is 0.337 e. The van der Waals surface area contributed by atoms with Crippen LogP contribution in [0.5, 0.6) is 0 Å². The quantitative estimate of drug-likeness (QED) is 0.822. The first-order chi connectivity index (χ1) is 12.1. The Kier molecular flexibility index (Phi) is 5.03. The Hall–Kier alpha value is -2.00. The summed E-state index contributed by atoms with van der Waals surface area (Å²) in [6.07, 6.45) is 1.98. The van der Waals surface area contributed by atoms with Gasteiger partial charge in [0.25, 0.3) is 5.91 Å². The number of rotatable bonds is 4. The number of carbonyl (C=O) groups is 2. The van der Waals surface area contributed by atoms with E-state index in [2.05, 4.69) is 10.2 Å². The summed E-state index contributed by atoms with van der Waals surface area (Å²) in [5.74, 6) is -1.98. The molecule has 2 heterocycles. The van der Waals surface area contributed by atoms with Gasteiger partial charge in [0.15, 0.2) is 9.84 Å².